The zero-order chi connectivity index (χ0) is 24.6. The summed E-state index contributed by atoms with van der Waals surface area (Å²) in [5.74, 6) is -0.959. The third-order valence-electron chi connectivity index (χ3n) is 5.84. The van der Waals surface area contributed by atoms with Crippen molar-refractivity contribution in [3.05, 3.63) is 87.7 Å². The molecule has 0 fully saturated rings. The molecule has 176 valence electrons. The Hall–Kier alpha value is -3.95. The molecule has 0 bridgehead atoms. The molecule has 0 radical (unpaired) electrons. The summed E-state index contributed by atoms with van der Waals surface area (Å²) >= 11 is 1.50. The van der Waals surface area contributed by atoms with Crippen molar-refractivity contribution < 1.29 is 9.90 Å². The first-order valence-corrected chi connectivity index (χ1v) is 12.6. The van der Waals surface area contributed by atoms with Gasteiger partial charge < -0.3 is 9.67 Å². The number of carboxylic acids is 1. The highest BCUT2D eigenvalue weighted by atomic mass is 32.1. The van der Waals surface area contributed by atoms with Crippen LogP contribution in [0.4, 0.5) is 5.69 Å². The molecule has 0 aliphatic heterocycles. The highest BCUT2D eigenvalue weighted by molar-refractivity contribution is 7.14. The number of allylic oxidation sites excluding steroid dienone is 1. The van der Waals surface area contributed by atoms with E-state index in [9.17, 15) is 10.1 Å². The molecule has 1 N–H and O–H groups in total. The Morgan fingerprint density at radius 3 is 2.63 bits per heavy atom. The van der Waals surface area contributed by atoms with Crippen LogP contribution in [-0.4, -0.2) is 21.9 Å². The maximum atomic E-state index is 11.0. The Morgan fingerprint density at radius 2 is 1.89 bits per heavy atom. The number of carbonyl (C=O) groups is 1. The Labute approximate surface area is 209 Å². The Kier molecular flexibility index (Phi) is 7.92. The number of aromatic nitrogens is 1. The predicted octanol–water partition coefficient (Wildman–Crippen LogP) is 7.80. The zero-order valence-corrected chi connectivity index (χ0v) is 20.5. The zero-order valence-electron chi connectivity index (χ0n) is 19.6. The van der Waals surface area contributed by atoms with Gasteiger partial charge in [-0.05, 0) is 55.0 Å². The summed E-state index contributed by atoms with van der Waals surface area (Å²) in [4.78, 5) is 17.2. The van der Waals surface area contributed by atoms with Crippen LogP contribution in [0.2, 0.25) is 0 Å². The van der Waals surface area contributed by atoms with Gasteiger partial charge in [-0.1, -0.05) is 44.4 Å². The number of aryl methyl sites for hydroxylation is 1. The molecule has 0 spiro atoms. The monoisotopic (exact) mass is 481 g/mol. The molecule has 2 heterocycles. The van der Waals surface area contributed by atoms with Crippen LogP contribution in [0.3, 0.4) is 0 Å². The Balaban J connectivity index is 1.55. The highest BCUT2D eigenvalue weighted by Crippen LogP contribution is 2.29. The van der Waals surface area contributed by atoms with Crippen molar-refractivity contribution in [2.75, 3.05) is 0 Å². The molecule has 0 aliphatic carbocycles. The van der Waals surface area contributed by atoms with Crippen LogP contribution in [0.25, 0.3) is 22.6 Å². The van der Waals surface area contributed by atoms with E-state index in [-0.39, 0.29) is 5.56 Å². The van der Waals surface area contributed by atoms with Gasteiger partial charge in [-0.25, -0.2) is 4.79 Å². The number of hydrogen-bond acceptors (Lipinski definition) is 4. The minimum atomic E-state index is -0.959. The minimum absolute atomic E-state index is 0.230. The first-order valence-electron chi connectivity index (χ1n) is 11.8. The Morgan fingerprint density at radius 1 is 1.09 bits per heavy atom. The van der Waals surface area contributed by atoms with Gasteiger partial charge in [0.2, 0.25) is 0 Å². The van der Waals surface area contributed by atoms with E-state index in [2.05, 4.69) is 46.9 Å². The van der Waals surface area contributed by atoms with Crippen molar-refractivity contribution in [1.82, 2.24) is 4.57 Å². The lowest BCUT2D eigenvalue weighted by atomic mass is 10.1. The molecule has 0 aliphatic rings. The van der Waals surface area contributed by atoms with Crippen LogP contribution in [-0.2, 0) is 6.54 Å². The van der Waals surface area contributed by atoms with E-state index < -0.39 is 5.97 Å². The molecule has 4 rings (SSSR count). The van der Waals surface area contributed by atoms with E-state index in [4.69, 9.17) is 5.11 Å². The number of unbranched alkanes of at least 4 members (excludes halogenated alkanes) is 3. The third-order valence-corrected chi connectivity index (χ3v) is 6.89. The second kappa shape index (κ2) is 11.5. The van der Waals surface area contributed by atoms with Crippen LogP contribution in [0.1, 0.15) is 58.3 Å². The molecule has 0 saturated carbocycles. The van der Waals surface area contributed by atoms with Gasteiger partial charge in [0.05, 0.1) is 16.8 Å². The lowest BCUT2D eigenvalue weighted by Gasteiger charge is -2.04. The lowest BCUT2D eigenvalue weighted by molar-refractivity contribution is 0.0697. The van der Waals surface area contributed by atoms with Crippen molar-refractivity contribution in [2.45, 2.75) is 39.2 Å². The number of para-hydroxylation sites is 1. The number of carboxylic acid groups (broad SMARTS) is 1. The van der Waals surface area contributed by atoms with Gasteiger partial charge in [0.25, 0.3) is 0 Å². The van der Waals surface area contributed by atoms with Gasteiger partial charge in [-0.3, -0.25) is 4.99 Å². The molecule has 0 atom stereocenters. The standard InChI is InChI=1S/C29H27N3O2S/c1-2-3-4-7-16-32-20-23(26-8-5-6-9-27(26)32)17-22(18-30)28-15-14-25(35-28)19-31-24-12-10-21(11-13-24)29(33)34/h5-6,8-15,17,19-20H,2-4,7,16H2,1H3,(H,33,34)/b22-17+,31-19?. The lowest BCUT2D eigenvalue weighted by Crippen LogP contribution is -1.95. The number of benzene rings is 2. The molecule has 0 unspecified atom stereocenters. The van der Waals surface area contributed by atoms with Crippen LogP contribution >= 0.6 is 11.3 Å². The van der Waals surface area contributed by atoms with E-state index in [1.807, 2.05) is 24.3 Å². The van der Waals surface area contributed by atoms with Gasteiger partial charge in [0, 0.05) is 45.2 Å². The number of aliphatic imine (C=N–C) groups is 1. The van der Waals surface area contributed by atoms with Gasteiger partial charge in [-0.15, -0.1) is 11.3 Å². The summed E-state index contributed by atoms with van der Waals surface area (Å²) in [5.41, 5.74) is 3.77. The average molecular weight is 482 g/mol. The highest BCUT2D eigenvalue weighted by Gasteiger charge is 2.10. The minimum Gasteiger partial charge on any atom is -0.478 e. The molecule has 4 aromatic rings. The van der Waals surface area contributed by atoms with E-state index in [1.54, 1.807) is 18.3 Å². The summed E-state index contributed by atoms with van der Waals surface area (Å²) in [6.45, 7) is 3.20. The van der Waals surface area contributed by atoms with Gasteiger partial charge >= 0.3 is 5.97 Å². The van der Waals surface area contributed by atoms with Crippen molar-refractivity contribution >= 4 is 51.8 Å². The topological polar surface area (TPSA) is 78.4 Å². The molecule has 5 nitrogen and oxygen atoms in total. The van der Waals surface area contributed by atoms with Crippen LogP contribution in [0.5, 0.6) is 0 Å². The van der Waals surface area contributed by atoms with Crippen molar-refractivity contribution in [2.24, 2.45) is 4.99 Å². The smallest absolute Gasteiger partial charge is 0.335 e. The number of nitriles is 1. The predicted molar refractivity (Wildman–Crippen MR) is 145 cm³/mol. The molecule has 0 amide bonds. The molecule has 2 aromatic heterocycles. The second-order valence-electron chi connectivity index (χ2n) is 8.34. The number of thiophene rings is 1. The first kappa shape index (κ1) is 24.2. The fourth-order valence-electron chi connectivity index (χ4n) is 3.99. The normalized spacial score (nSPS) is 11.8. The number of nitrogens with zero attached hydrogens (tertiary/aromatic N) is 3. The number of rotatable bonds is 10. The molecule has 6 heteroatoms. The van der Waals surface area contributed by atoms with Gasteiger partial charge in [-0.2, -0.15) is 5.26 Å². The SMILES string of the molecule is CCCCCCn1cc(/C=C(\C#N)c2ccc(C=Nc3ccc(C(=O)O)cc3)s2)c2ccccc21. The number of fused-ring (bicyclic) bond motifs is 1. The molecule has 2 aromatic carbocycles. The summed E-state index contributed by atoms with van der Waals surface area (Å²) in [6, 6.07) is 21.0. The summed E-state index contributed by atoms with van der Waals surface area (Å²) in [6.07, 6.45) is 10.7. The summed E-state index contributed by atoms with van der Waals surface area (Å²) in [7, 11) is 0. The van der Waals surface area contributed by atoms with E-state index >= 15 is 0 Å². The molecular weight excluding hydrogens is 454 g/mol. The van der Waals surface area contributed by atoms with Crippen molar-refractivity contribution in [1.29, 1.82) is 5.26 Å². The maximum absolute atomic E-state index is 11.0. The quantitative estimate of drug-likeness (QED) is 0.143. The molecular formula is C29H27N3O2S. The maximum Gasteiger partial charge on any atom is 0.335 e. The van der Waals surface area contributed by atoms with Crippen LogP contribution in [0.15, 0.2) is 71.9 Å². The second-order valence-corrected chi connectivity index (χ2v) is 9.45. The van der Waals surface area contributed by atoms with Crippen LogP contribution < -0.4 is 0 Å². The fraction of sp³-hybridized carbons (Fsp3) is 0.207. The van der Waals surface area contributed by atoms with Gasteiger partial charge in [0.15, 0.2) is 0 Å². The number of aromatic carboxylic acids is 1. The largest absolute Gasteiger partial charge is 0.478 e. The summed E-state index contributed by atoms with van der Waals surface area (Å²) < 4.78 is 2.30. The Bertz CT molecular complexity index is 1420. The fourth-order valence-corrected chi connectivity index (χ4v) is 4.84. The van der Waals surface area contributed by atoms with Gasteiger partial charge in [0.1, 0.15) is 6.07 Å². The van der Waals surface area contributed by atoms with E-state index in [1.165, 1.54) is 48.2 Å². The molecule has 35 heavy (non-hydrogen) atoms. The first-order chi connectivity index (χ1) is 17.1. The van der Waals surface area contributed by atoms with E-state index in [0.29, 0.717) is 11.3 Å². The third kappa shape index (κ3) is 5.95. The average Bonchev–Trinajstić information content (AvgIpc) is 3.49. The molecule has 0 saturated heterocycles. The van der Waals surface area contributed by atoms with Crippen molar-refractivity contribution in [3.8, 4) is 6.07 Å². The van der Waals surface area contributed by atoms with E-state index in [0.717, 1.165) is 33.7 Å². The summed E-state index contributed by atoms with van der Waals surface area (Å²) in [5, 5.41) is 20.1. The van der Waals surface area contributed by atoms with Crippen molar-refractivity contribution in [3.63, 3.8) is 0 Å². The number of hydrogen-bond donors (Lipinski definition) is 1. The van der Waals surface area contributed by atoms with Crippen LogP contribution in [0, 0.1) is 11.3 Å².